The van der Waals surface area contributed by atoms with Gasteiger partial charge in [0.25, 0.3) is 0 Å². The van der Waals surface area contributed by atoms with Gasteiger partial charge in [0.15, 0.2) is 5.89 Å². The van der Waals surface area contributed by atoms with E-state index in [0.717, 1.165) is 0 Å². The van der Waals surface area contributed by atoms with Crippen LogP contribution >= 0.6 is 0 Å². The number of aromatic nitrogens is 1. The first kappa shape index (κ1) is 12.3. The molecule has 1 heterocycles. The Morgan fingerprint density at radius 2 is 2.22 bits per heavy atom. The minimum atomic E-state index is -2.91. The minimum absolute atomic E-state index is 0.0114. The molecule has 1 aromatic heterocycles. The molecule has 0 atom stereocenters. The highest BCUT2D eigenvalue weighted by atomic mass is 19.3. The molecule has 0 spiro atoms. The summed E-state index contributed by atoms with van der Waals surface area (Å²) in [5.41, 5.74) is 3.75. The second kappa shape index (κ2) is 5.01. The Balaban J connectivity index is 2.47. The highest BCUT2D eigenvalue weighted by Crippen LogP contribution is 2.32. The van der Waals surface area contributed by atoms with Gasteiger partial charge in [0.1, 0.15) is 17.7 Å². The molecular formula is C11H11F2N3O2. The number of alkyl halides is 2. The molecule has 0 fully saturated rings. The number of nitrogens with zero attached hydrogens (tertiary/aromatic N) is 1. The molecule has 1 aromatic carbocycles. The molecule has 2 aromatic rings. The molecule has 0 amide bonds. The van der Waals surface area contributed by atoms with Crippen molar-refractivity contribution in [3.8, 4) is 17.0 Å². The summed E-state index contributed by atoms with van der Waals surface area (Å²) in [6.07, 6.45) is 1.36. The van der Waals surface area contributed by atoms with Gasteiger partial charge < -0.3 is 14.6 Å². The molecule has 0 aliphatic carbocycles. The van der Waals surface area contributed by atoms with Gasteiger partial charge in [-0.2, -0.15) is 8.78 Å². The van der Waals surface area contributed by atoms with Crippen LogP contribution in [0.15, 0.2) is 28.9 Å². The quantitative estimate of drug-likeness (QED) is 0.648. The third-order valence-electron chi connectivity index (χ3n) is 2.26. The van der Waals surface area contributed by atoms with Crippen LogP contribution in [0, 0.1) is 6.92 Å². The molecular weight excluding hydrogens is 244 g/mol. The van der Waals surface area contributed by atoms with Crippen molar-refractivity contribution in [3.63, 3.8) is 0 Å². The summed E-state index contributed by atoms with van der Waals surface area (Å²) in [5, 5.41) is 0. The molecule has 7 heteroatoms. The van der Waals surface area contributed by atoms with Crippen LogP contribution in [-0.2, 0) is 0 Å². The Morgan fingerprint density at radius 3 is 2.78 bits per heavy atom. The first-order valence-electron chi connectivity index (χ1n) is 5.08. The number of nitrogens with two attached hydrogens (primary N) is 1. The number of aryl methyl sites for hydroxylation is 1. The molecule has 0 bridgehead atoms. The molecule has 0 aliphatic rings. The van der Waals surface area contributed by atoms with E-state index >= 15 is 0 Å². The maximum atomic E-state index is 12.3. The molecule has 0 radical (unpaired) electrons. The SMILES string of the molecule is Cc1nc(-c2cc(NN)ccc2OC(F)F)co1. The largest absolute Gasteiger partial charge is 0.449 e. The number of nitrogens with one attached hydrogen (secondary N) is 1. The van der Waals surface area contributed by atoms with Gasteiger partial charge in [-0.15, -0.1) is 0 Å². The number of halogens is 2. The van der Waals surface area contributed by atoms with Gasteiger partial charge in [-0.3, -0.25) is 5.84 Å². The molecule has 0 saturated carbocycles. The number of hydrogen-bond donors (Lipinski definition) is 2. The van der Waals surface area contributed by atoms with Crippen molar-refractivity contribution in [2.24, 2.45) is 5.84 Å². The average Bonchev–Trinajstić information content (AvgIpc) is 2.75. The van der Waals surface area contributed by atoms with Crippen molar-refractivity contribution in [3.05, 3.63) is 30.4 Å². The van der Waals surface area contributed by atoms with Crippen LogP contribution in [0.2, 0.25) is 0 Å². The fourth-order valence-electron chi connectivity index (χ4n) is 1.51. The number of benzene rings is 1. The fourth-order valence-corrected chi connectivity index (χ4v) is 1.51. The van der Waals surface area contributed by atoms with Gasteiger partial charge in [-0.25, -0.2) is 4.98 Å². The Morgan fingerprint density at radius 1 is 1.44 bits per heavy atom. The summed E-state index contributed by atoms with van der Waals surface area (Å²) in [6, 6.07) is 4.46. The summed E-state index contributed by atoms with van der Waals surface area (Å²) in [4.78, 5) is 4.06. The maximum Gasteiger partial charge on any atom is 0.387 e. The maximum absolute atomic E-state index is 12.3. The van der Waals surface area contributed by atoms with Crippen molar-refractivity contribution in [2.45, 2.75) is 13.5 Å². The van der Waals surface area contributed by atoms with E-state index in [2.05, 4.69) is 15.1 Å². The molecule has 0 saturated heterocycles. The molecule has 96 valence electrons. The van der Waals surface area contributed by atoms with Gasteiger partial charge in [0.05, 0.1) is 0 Å². The lowest BCUT2D eigenvalue weighted by Crippen LogP contribution is -2.08. The van der Waals surface area contributed by atoms with Crippen LogP contribution in [0.25, 0.3) is 11.3 Å². The van der Waals surface area contributed by atoms with Crippen LogP contribution in [0.1, 0.15) is 5.89 Å². The smallest absolute Gasteiger partial charge is 0.387 e. The van der Waals surface area contributed by atoms with E-state index in [0.29, 0.717) is 22.8 Å². The molecule has 2 rings (SSSR count). The third kappa shape index (κ3) is 2.57. The number of ether oxygens (including phenoxy) is 1. The second-order valence-corrected chi connectivity index (χ2v) is 3.49. The van der Waals surface area contributed by atoms with Gasteiger partial charge in [0.2, 0.25) is 0 Å². The summed E-state index contributed by atoms with van der Waals surface area (Å²) in [7, 11) is 0. The normalized spacial score (nSPS) is 10.7. The van der Waals surface area contributed by atoms with Crippen molar-refractivity contribution in [1.82, 2.24) is 4.98 Å². The molecule has 3 N–H and O–H groups in total. The topological polar surface area (TPSA) is 73.3 Å². The zero-order valence-corrected chi connectivity index (χ0v) is 9.48. The molecule has 0 unspecified atom stereocenters. The van der Waals surface area contributed by atoms with Crippen molar-refractivity contribution in [2.75, 3.05) is 5.43 Å². The second-order valence-electron chi connectivity index (χ2n) is 3.49. The number of oxazole rings is 1. The Hall–Kier alpha value is -2.15. The van der Waals surface area contributed by atoms with E-state index < -0.39 is 6.61 Å². The number of anilines is 1. The van der Waals surface area contributed by atoms with Crippen LogP contribution in [0.5, 0.6) is 5.75 Å². The van der Waals surface area contributed by atoms with Crippen molar-refractivity contribution < 1.29 is 17.9 Å². The van der Waals surface area contributed by atoms with Gasteiger partial charge >= 0.3 is 6.61 Å². The zero-order chi connectivity index (χ0) is 13.1. The van der Waals surface area contributed by atoms with E-state index in [-0.39, 0.29) is 5.75 Å². The van der Waals surface area contributed by atoms with E-state index in [1.165, 1.54) is 18.4 Å². The van der Waals surface area contributed by atoms with E-state index in [4.69, 9.17) is 10.3 Å². The van der Waals surface area contributed by atoms with Gasteiger partial charge in [-0.05, 0) is 18.2 Å². The Bertz CT molecular complexity index is 543. The highest BCUT2D eigenvalue weighted by molar-refractivity contribution is 5.71. The highest BCUT2D eigenvalue weighted by Gasteiger charge is 2.14. The minimum Gasteiger partial charge on any atom is -0.449 e. The molecule has 18 heavy (non-hydrogen) atoms. The summed E-state index contributed by atoms with van der Waals surface area (Å²) >= 11 is 0. The summed E-state index contributed by atoms with van der Waals surface area (Å²) in [6.45, 7) is -1.25. The van der Waals surface area contributed by atoms with Gasteiger partial charge in [-0.1, -0.05) is 0 Å². The van der Waals surface area contributed by atoms with Crippen molar-refractivity contribution >= 4 is 5.69 Å². The predicted molar refractivity (Wildman–Crippen MR) is 61.1 cm³/mol. The fraction of sp³-hybridized carbons (Fsp3) is 0.182. The van der Waals surface area contributed by atoms with E-state index in [9.17, 15) is 8.78 Å². The summed E-state index contributed by atoms with van der Waals surface area (Å²) in [5.74, 6) is 5.71. The van der Waals surface area contributed by atoms with E-state index in [1.807, 2.05) is 0 Å². The number of hydrogen-bond acceptors (Lipinski definition) is 5. The first-order chi connectivity index (χ1) is 8.60. The first-order valence-corrected chi connectivity index (χ1v) is 5.08. The molecule has 0 aliphatic heterocycles. The third-order valence-corrected chi connectivity index (χ3v) is 2.26. The lowest BCUT2D eigenvalue weighted by Gasteiger charge is -2.10. The lowest BCUT2D eigenvalue weighted by molar-refractivity contribution is -0.0494. The van der Waals surface area contributed by atoms with Crippen LogP contribution in [-0.4, -0.2) is 11.6 Å². The van der Waals surface area contributed by atoms with Crippen LogP contribution in [0.3, 0.4) is 0 Å². The number of rotatable bonds is 4. The van der Waals surface area contributed by atoms with Crippen LogP contribution in [0.4, 0.5) is 14.5 Å². The average molecular weight is 255 g/mol. The van der Waals surface area contributed by atoms with E-state index in [1.54, 1.807) is 13.0 Å². The Kier molecular flexibility index (Phi) is 3.42. The standard InChI is InChI=1S/C11H11F2N3O2/c1-6-15-9(5-17-6)8-4-7(16-14)2-3-10(8)18-11(12)13/h2-5,11,16H,14H2,1H3. The Labute approximate surface area is 102 Å². The monoisotopic (exact) mass is 255 g/mol. The van der Waals surface area contributed by atoms with Crippen LogP contribution < -0.4 is 16.0 Å². The number of hydrazine groups is 1. The van der Waals surface area contributed by atoms with Crippen molar-refractivity contribution in [1.29, 1.82) is 0 Å². The molecule has 5 nitrogen and oxygen atoms in total. The zero-order valence-electron chi connectivity index (χ0n) is 9.48. The predicted octanol–water partition coefficient (Wildman–Crippen LogP) is 2.54. The lowest BCUT2D eigenvalue weighted by atomic mass is 10.1. The summed E-state index contributed by atoms with van der Waals surface area (Å²) < 4.78 is 34.1. The van der Waals surface area contributed by atoms with Gasteiger partial charge in [0, 0.05) is 18.2 Å². The number of nitrogen functional groups attached to an aromatic ring is 1.